The number of aromatic nitrogens is 3. The smallest absolute Gasteiger partial charge is 0.319 e. The number of hydrogen-bond donors (Lipinski definition) is 2. The van der Waals surface area contributed by atoms with E-state index >= 15 is 0 Å². The van der Waals surface area contributed by atoms with E-state index in [4.69, 9.17) is 4.74 Å². The number of nitrogens with zero attached hydrogens (tertiary/aromatic N) is 3. The van der Waals surface area contributed by atoms with Crippen molar-refractivity contribution >= 4 is 11.7 Å². The summed E-state index contributed by atoms with van der Waals surface area (Å²) >= 11 is 0. The SMILES string of the molecule is O=C(NCCc1ccn(-c2ccccc2)n1)Nc1ccc(OCc2ccccc2)nc1. The van der Waals surface area contributed by atoms with Crippen LogP contribution < -0.4 is 15.4 Å². The lowest BCUT2D eigenvalue weighted by atomic mass is 10.2. The Hall–Kier alpha value is -4.13. The number of ether oxygens (including phenoxy) is 1. The van der Waals surface area contributed by atoms with Crippen LogP contribution in [0.4, 0.5) is 10.5 Å². The van der Waals surface area contributed by atoms with Gasteiger partial charge in [0.25, 0.3) is 0 Å². The highest BCUT2D eigenvalue weighted by molar-refractivity contribution is 5.88. The molecule has 0 bridgehead atoms. The second-order valence-electron chi connectivity index (χ2n) is 6.88. The molecule has 0 fully saturated rings. The third-order valence-electron chi connectivity index (χ3n) is 4.56. The molecule has 2 N–H and O–H groups in total. The molecule has 0 radical (unpaired) electrons. The highest BCUT2D eigenvalue weighted by Gasteiger charge is 2.05. The van der Waals surface area contributed by atoms with Gasteiger partial charge >= 0.3 is 6.03 Å². The predicted molar refractivity (Wildman–Crippen MR) is 119 cm³/mol. The van der Waals surface area contributed by atoms with Crippen molar-refractivity contribution in [3.63, 3.8) is 0 Å². The first-order valence-electron chi connectivity index (χ1n) is 10.0. The average Bonchev–Trinajstić information content (AvgIpc) is 3.29. The van der Waals surface area contributed by atoms with E-state index in [1.807, 2.05) is 77.6 Å². The summed E-state index contributed by atoms with van der Waals surface area (Å²) in [7, 11) is 0. The third-order valence-corrected chi connectivity index (χ3v) is 4.56. The predicted octanol–water partition coefficient (Wildman–Crippen LogP) is 4.21. The molecule has 2 amide bonds. The van der Waals surface area contributed by atoms with Gasteiger partial charge in [-0.3, -0.25) is 0 Å². The fourth-order valence-electron chi connectivity index (χ4n) is 2.97. The summed E-state index contributed by atoms with van der Waals surface area (Å²) in [4.78, 5) is 16.3. The molecule has 2 heterocycles. The number of rotatable bonds is 8. The fraction of sp³-hybridized carbons (Fsp3) is 0.125. The monoisotopic (exact) mass is 413 g/mol. The highest BCUT2D eigenvalue weighted by atomic mass is 16.5. The maximum absolute atomic E-state index is 12.1. The zero-order chi connectivity index (χ0) is 21.3. The molecule has 4 rings (SSSR count). The molecule has 7 nitrogen and oxygen atoms in total. The summed E-state index contributed by atoms with van der Waals surface area (Å²) in [6.45, 7) is 0.921. The van der Waals surface area contributed by atoms with Gasteiger partial charge in [0.1, 0.15) is 6.61 Å². The summed E-state index contributed by atoms with van der Waals surface area (Å²) in [5.41, 5.74) is 3.58. The van der Waals surface area contributed by atoms with Gasteiger partial charge < -0.3 is 15.4 Å². The lowest BCUT2D eigenvalue weighted by Gasteiger charge is -2.08. The van der Waals surface area contributed by atoms with Crippen LogP contribution >= 0.6 is 0 Å². The van der Waals surface area contributed by atoms with Gasteiger partial charge in [-0.05, 0) is 29.8 Å². The van der Waals surface area contributed by atoms with Crippen molar-refractivity contribution in [1.82, 2.24) is 20.1 Å². The Morgan fingerprint density at radius 2 is 1.71 bits per heavy atom. The van der Waals surface area contributed by atoms with Crippen LogP contribution in [0, 0.1) is 0 Å². The fourth-order valence-corrected chi connectivity index (χ4v) is 2.97. The molecule has 0 saturated heterocycles. The van der Waals surface area contributed by atoms with Gasteiger partial charge in [-0.2, -0.15) is 5.10 Å². The maximum atomic E-state index is 12.1. The number of amides is 2. The van der Waals surface area contributed by atoms with Gasteiger partial charge in [0.2, 0.25) is 5.88 Å². The molecule has 0 saturated carbocycles. The van der Waals surface area contributed by atoms with Crippen LogP contribution in [-0.4, -0.2) is 27.3 Å². The average molecular weight is 413 g/mol. The topological polar surface area (TPSA) is 81.1 Å². The Morgan fingerprint density at radius 3 is 2.45 bits per heavy atom. The van der Waals surface area contributed by atoms with Crippen LogP contribution in [0.25, 0.3) is 5.69 Å². The molecule has 0 aliphatic heterocycles. The van der Waals surface area contributed by atoms with Crippen molar-refractivity contribution < 1.29 is 9.53 Å². The van der Waals surface area contributed by atoms with E-state index in [0.29, 0.717) is 31.1 Å². The molecule has 0 unspecified atom stereocenters. The number of anilines is 1. The molecule has 0 spiro atoms. The van der Waals surface area contributed by atoms with Crippen molar-refractivity contribution in [2.45, 2.75) is 13.0 Å². The van der Waals surface area contributed by atoms with Crippen LogP contribution in [0.15, 0.2) is 91.3 Å². The Kier molecular flexibility index (Phi) is 6.54. The van der Waals surface area contributed by atoms with Crippen molar-refractivity contribution in [1.29, 1.82) is 0 Å². The molecular weight excluding hydrogens is 390 g/mol. The number of urea groups is 1. The minimum atomic E-state index is -0.290. The normalized spacial score (nSPS) is 10.5. The van der Waals surface area contributed by atoms with Gasteiger partial charge in [-0.1, -0.05) is 48.5 Å². The number of nitrogens with one attached hydrogen (secondary N) is 2. The number of carbonyl (C=O) groups is 1. The third kappa shape index (κ3) is 5.93. The molecule has 156 valence electrons. The minimum Gasteiger partial charge on any atom is -0.473 e. The molecular formula is C24H23N5O2. The van der Waals surface area contributed by atoms with E-state index in [1.54, 1.807) is 18.3 Å². The second-order valence-corrected chi connectivity index (χ2v) is 6.88. The highest BCUT2D eigenvalue weighted by Crippen LogP contribution is 2.13. The van der Waals surface area contributed by atoms with Crippen LogP contribution in [-0.2, 0) is 13.0 Å². The summed E-state index contributed by atoms with van der Waals surface area (Å²) in [5, 5.41) is 10.1. The van der Waals surface area contributed by atoms with Crippen molar-refractivity contribution in [3.05, 3.63) is 103 Å². The van der Waals surface area contributed by atoms with Crippen molar-refractivity contribution in [2.75, 3.05) is 11.9 Å². The van der Waals surface area contributed by atoms with Gasteiger partial charge in [0, 0.05) is 25.2 Å². The number of carbonyl (C=O) groups excluding carboxylic acids is 1. The second kappa shape index (κ2) is 10.1. The molecule has 0 atom stereocenters. The minimum absolute atomic E-state index is 0.290. The molecule has 2 aromatic heterocycles. The lowest BCUT2D eigenvalue weighted by molar-refractivity contribution is 0.252. The lowest BCUT2D eigenvalue weighted by Crippen LogP contribution is -2.30. The molecule has 31 heavy (non-hydrogen) atoms. The van der Waals surface area contributed by atoms with Gasteiger partial charge in [0.15, 0.2) is 0 Å². The Balaban J connectivity index is 1.20. The van der Waals surface area contributed by atoms with Crippen molar-refractivity contribution in [3.8, 4) is 11.6 Å². The van der Waals surface area contributed by atoms with Gasteiger partial charge in [-0.25, -0.2) is 14.5 Å². The maximum Gasteiger partial charge on any atom is 0.319 e. The quantitative estimate of drug-likeness (QED) is 0.453. The number of para-hydroxylation sites is 1. The standard InChI is InChI=1S/C24H23N5O2/c30-24(25-15-13-20-14-16-29(28-20)22-9-5-2-6-10-22)27-21-11-12-23(26-17-21)31-18-19-7-3-1-4-8-19/h1-12,14,16-17H,13,15,18H2,(H2,25,27,30). The number of benzene rings is 2. The van der Waals surface area contributed by atoms with E-state index in [9.17, 15) is 4.79 Å². The molecule has 2 aromatic carbocycles. The summed E-state index contributed by atoms with van der Waals surface area (Å²) in [5.74, 6) is 0.504. The molecule has 4 aromatic rings. The van der Waals surface area contributed by atoms with Crippen molar-refractivity contribution in [2.24, 2.45) is 0 Å². The first-order valence-corrected chi connectivity index (χ1v) is 10.0. The van der Waals surface area contributed by atoms with E-state index in [2.05, 4.69) is 20.7 Å². The Bertz CT molecular complexity index is 1100. The van der Waals surface area contributed by atoms with E-state index in [-0.39, 0.29) is 6.03 Å². The summed E-state index contributed by atoms with van der Waals surface area (Å²) < 4.78 is 7.47. The largest absolute Gasteiger partial charge is 0.473 e. The Labute approximate surface area is 180 Å². The summed E-state index contributed by atoms with van der Waals surface area (Å²) in [6, 6.07) is 24.9. The first-order chi connectivity index (χ1) is 15.3. The summed E-state index contributed by atoms with van der Waals surface area (Å²) in [6.07, 6.45) is 4.12. The van der Waals surface area contributed by atoms with Crippen LogP contribution in [0.2, 0.25) is 0 Å². The first kappa shape index (κ1) is 20.2. The molecule has 0 aliphatic carbocycles. The molecule has 0 aliphatic rings. The van der Waals surface area contributed by atoms with Crippen LogP contribution in [0.5, 0.6) is 5.88 Å². The zero-order valence-corrected chi connectivity index (χ0v) is 16.9. The van der Waals surface area contributed by atoms with E-state index in [1.165, 1.54) is 0 Å². The van der Waals surface area contributed by atoms with E-state index in [0.717, 1.165) is 16.9 Å². The molecule has 7 heteroatoms. The Morgan fingerprint density at radius 1 is 0.935 bits per heavy atom. The van der Waals surface area contributed by atoms with Crippen LogP contribution in [0.1, 0.15) is 11.3 Å². The zero-order valence-electron chi connectivity index (χ0n) is 16.9. The van der Waals surface area contributed by atoms with E-state index < -0.39 is 0 Å². The van der Waals surface area contributed by atoms with Crippen LogP contribution in [0.3, 0.4) is 0 Å². The van der Waals surface area contributed by atoms with Gasteiger partial charge in [-0.15, -0.1) is 0 Å². The van der Waals surface area contributed by atoms with Gasteiger partial charge in [0.05, 0.1) is 23.3 Å². The number of pyridine rings is 1. The number of hydrogen-bond acceptors (Lipinski definition) is 4.